The maximum absolute atomic E-state index is 11.4. The second kappa shape index (κ2) is 6.08. The topological polar surface area (TPSA) is 52.6 Å². The van der Waals surface area contributed by atoms with Gasteiger partial charge in [0, 0.05) is 19.4 Å². The number of fused-ring (bicyclic) bond motifs is 3. The number of hydrogen-bond acceptors (Lipinski definition) is 4. The molecule has 0 spiro atoms. The molecule has 116 valence electrons. The predicted molar refractivity (Wildman–Crippen MR) is 87.7 cm³/mol. The summed E-state index contributed by atoms with van der Waals surface area (Å²) in [4.78, 5) is 22.8. The summed E-state index contributed by atoms with van der Waals surface area (Å²) in [6.07, 6.45) is -1.06. The van der Waals surface area contributed by atoms with Crippen molar-refractivity contribution in [1.82, 2.24) is 0 Å². The zero-order valence-electron chi connectivity index (χ0n) is 12.9. The normalized spacial score (nSPS) is 10.9. The van der Waals surface area contributed by atoms with Crippen LogP contribution < -0.4 is 0 Å². The van der Waals surface area contributed by atoms with Crippen molar-refractivity contribution in [2.24, 2.45) is 0 Å². The molecule has 4 nitrogen and oxygen atoms in total. The van der Waals surface area contributed by atoms with E-state index in [1.807, 2.05) is 54.6 Å². The van der Waals surface area contributed by atoms with Crippen LogP contribution in [0.15, 0.2) is 54.6 Å². The lowest BCUT2D eigenvalue weighted by Gasteiger charge is -2.19. The van der Waals surface area contributed by atoms with Crippen molar-refractivity contribution in [3.8, 4) is 0 Å². The van der Waals surface area contributed by atoms with Crippen LogP contribution in [-0.2, 0) is 19.1 Å². The number of carbonyl (C=O) groups is 2. The van der Waals surface area contributed by atoms with Crippen LogP contribution in [0.2, 0.25) is 0 Å². The van der Waals surface area contributed by atoms with Crippen LogP contribution in [0, 0.1) is 0 Å². The van der Waals surface area contributed by atoms with Crippen molar-refractivity contribution in [2.45, 2.75) is 20.1 Å². The third-order valence-electron chi connectivity index (χ3n) is 3.60. The highest BCUT2D eigenvalue weighted by molar-refractivity contribution is 6.09. The highest BCUT2D eigenvalue weighted by Crippen LogP contribution is 2.33. The molecular formula is C19H16O4. The summed E-state index contributed by atoms with van der Waals surface area (Å²) >= 11 is 0. The molecule has 0 radical (unpaired) electrons. The van der Waals surface area contributed by atoms with Gasteiger partial charge in [-0.2, -0.15) is 0 Å². The van der Waals surface area contributed by atoms with Crippen LogP contribution in [0.4, 0.5) is 0 Å². The van der Waals surface area contributed by atoms with E-state index >= 15 is 0 Å². The summed E-state index contributed by atoms with van der Waals surface area (Å²) in [5.74, 6) is -1.01. The Bertz CT molecular complexity index is 882. The van der Waals surface area contributed by atoms with Crippen molar-refractivity contribution < 1.29 is 19.1 Å². The summed E-state index contributed by atoms with van der Waals surface area (Å²) < 4.78 is 10.4. The lowest BCUT2D eigenvalue weighted by Crippen LogP contribution is -2.15. The highest BCUT2D eigenvalue weighted by atomic mass is 16.7. The monoisotopic (exact) mass is 308 g/mol. The zero-order valence-corrected chi connectivity index (χ0v) is 12.9. The van der Waals surface area contributed by atoms with Crippen LogP contribution in [0.3, 0.4) is 0 Å². The van der Waals surface area contributed by atoms with Gasteiger partial charge in [0.1, 0.15) is 0 Å². The van der Waals surface area contributed by atoms with Gasteiger partial charge in [0.05, 0.1) is 0 Å². The molecule has 4 heteroatoms. The first-order valence-electron chi connectivity index (χ1n) is 7.31. The van der Waals surface area contributed by atoms with E-state index in [9.17, 15) is 9.59 Å². The van der Waals surface area contributed by atoms with Crippen LogP contribution >= 0.6 is 0 Å². The third-order valence-corrected chi connectivity index (χ3v) is 3.60. The average Bonchev–Trinajstić information content (AvgIpc) is 2.52. The molecule has 3 rings (SSSR count). The average molecular weight is 308 g/mol. The minimum atomic E-state index is -1.06. The van der Waals surface area contributed by atoms with Crippen LogP contribution in [0.1, 0.15) is 25.7 Å². The minimum absolute atomic E-state index is 0.506. The van der Waals surface area contributed by atoms with Gasteiger partial charge in [-0.05, 0) is 27.6 Å². The smallest absolute Gasteiger partial charge is 0.305 e. The third kappa shape index (κ3) is 3.01. The summed E-state index contributed by atoms with van der Waals surface area (Å²) in [6.45, 7) is 2.58. The van der Waals surface area contributed by atoms with Crippen LogP contribution in [0.5, 0.6) is 0 Å². The molecule has 0 bridgehead atoms. The molecule has 0 saturated heterocycles. The number of rotatable bonds is 3. The minimum Gasteiger partial charge on any atom is -0.421 e. The van der Waals surface area contributed by atoms with E-state index in [-0.39, 0.29) is 0 Å². The van der Waals surface area contributed by atoms with Crippen LogP contribution in [-0.4, -0.2) is 11.9 Å². The Morgan fingerprint density at radius 3 is 1.91 bits per heavy atom. The van der Waals surface area contributed by atoms with E-state index in [0.29, 0.717) is 5.56 Å². The van der Waals surface area contributed by atoms with Crippen molar-refractivity contribution in [1.29, 1.82) is 0 Å². The molecular weight excluding hydrogens is 292 g/mol. The molecule has 0 saturated carbocycles. The number of ether oxygens (including phenoxy) is 2. The van der Waals surface area contributed by atoms with E-state index in [2.05, 4.69) is 0 Å². The summed E-state index contributed by atoms with van der Waals surface area (Å²) in [5, 5.41) is 3.99. The molecule has 0 unspecified atom stereocenters. The van der Waals surface area contributed by atoms with Gasteiger partial charge >= 0.3 is 11.9 Å². The Labute approximate surface area is 133 Å². The van der Waals surface area contributed by atoms with Crippen molar-refractivity contribution in [3.63, 3.8) is 0 Å². The fourth-order valence-corrected chi connectivity index (χ4v) is 2.73. The van der Waals surface area contributed by atoms with Crippen molar-refractivity contribution in [2.75, 3.05) is 0 Å². The summed E-state index contributed by atoms with van der Waals surface area (Å²) in [7, 11) is 0. The molecule has 23 heavy (non-hydrogen) atoms. The van der Waals surface area contributed by atoms with Gasteiger partial charge in [-0.1, -0.05) is 48.5 Å². The number of carbonyl (C=O) groups excluding carboxylic acids is 2. The number of esters is 2. The SMILES string of the molecule is CC(=O)OC(OC(C)=O)c1cc2ccccc2c2ccccc12. The molecule has 0 aliphatic carbocycles. The summed E-state index contributed by atoms with van der Waals surface area (Å²) in [6, 6.07) is 17.6. The lowest BCUT2D eigenvalue weighted by molar-refractivity contribution is -0.186. The summed E-state index contributed by atoms with van der Waals surface area (Å²) in [5.41, 5.74) is 0.657. The molecule has 0 atom stereocenters. The Kier molecular flexibility index (Phi) is 3.98. The maximum atomic E-state index is 11.4. The molecule has 0 N–H and O–H groups in total. The molecule has 3 aromatic carbocycles. The molecule has 0 aromatic heterocycles. The molecule has 0 aliphatic rings. The van der Waals surface area contributed by atoms with E-state index in [1.165, 1.54) is 13.8 Å². The molecule has 0 fully saturated rings. The van der Waals surface area contributed by atoms with Crippen molar-refractivity contribution in [3.05, 3.63) is 60.2 Å². The Morgan fingerprint density at radius 1 is 0.783 bits per heavy atom. The maximum Gasteiger partial charge on any atom is 0.305 e. The number of hydrogen-bond donors (Lipinski definition) is 0. The van der Waals surface area contributed by atoms with Gasteiger partial charge in [-0.3, -0.25) is 9.59 Å². The predicted octanol–water partition coefficient (Wildman–Crippen LogP) is 4.12. The van der Waals surface area contributed by atoms with Gasteiger partial charge in [-0.25, -0.2) is 0 Å². The molecule has 0 heterocycles. The second-order valence-corrected chi connectivity index (χ2v) is 5.28. The van der Waals surface area contributed by atoms with Gasteiger partial charge < -0.3 is 9.47 Å². The quantitative estimate of drug-likeness (QED) is 0.415. The lowest BCUT2D eigenvalue weighted by atomic mass is 9.97. The molecule has 3 aromatic rings. The van der Waals surface area contributed by atoms with Gasteiger partial charge in [0.2, 0.25) is 0 Å². The van der Waals surface area contributed by atoms with Crippen molar-refractivity contribution >= 4 is 33.5 Å². The highest BCUT2D eigenvalue weighted by Gasteiger charge is 2.21. The standard InChI is InChI=1S/C19H16O4/c1-12(20)22-19(23-13(2)21)18-11-14-7-3-4-8-15(14)16-9-5-6-10-17(16)18/h3-11,19H,1-2H3. The van der Waals surface area contributed by atoms with E-state index < -0.39 is 18.2 Å². The van der Waals surface area contributed by atoms with Gasteiger partial charge in [-0.15, -0.1) is 0 Å². The Hall–Kier alpha value is -2.88. The second-order valence-electron chi connectivity index (χ2n) is 5.28. The van der Waals surface area contributed by atoms with E-state index in [0.717, 1.165) is 21.5 Å². The Balaban J connectivity index is 2.28. The molecule has 0 aliphatic heterocycles. The van der Waals surface area contributed by atoms with Crippen LogP contribution in [0.25, 0.3) is 21.5 Å². The van der Waals surface area contributed by atoms with E-state index in [4.69, 9.17) is 9.47 Å². The van der Waals surface area contributed by atoms with E-state index in [1.54, 1.807) is 0 Å². The number of benzene rings is 3. The fourth-order valence-electron chi connectivity index (χ4n) is 2.73. The largest absolute Gasteiger partial charge is 0.421 e. The zero-order chi connectivity index (χ0) is 16.4. The Morgan fingerprint density at radius 2 is 1.30 bits per heavy atom. The first kappa shape index (κ1) is 15.0. The first-order chi connectivity index (χ1) is 11.1. The first-order valence-corrected chi connectivity index (χ1v) is 7.31. The fraction of sp³-hybridized carbons (Fsp3) is 0.158. The molecule has 0 amide bonds. The van der Waals surface area contributed by atoms with Gasteiger partial charge in [0.25, 0.3) is 6.29 Å². The van der Waals surface area contributed by atoms with Gasteiger partial charge in [0.15, 0.2) is 0 Å².